The van der Waals surface area contributed by atoms with Crippen LogP contribution in [0.5, 0.6) is 0 Å². The van der Waals surface area contributed by atoms with Crippen molar-refractivity contribution in [2.75, 3.05) is 5.32 Å². The first-order chi connectivity index (χ1) is 14.6. The van der Waals surface area contributed by atoms with Crippen LogP contribution in [0.4, 0.5) is 5.69 Å². The fourth-order valence-corrected chi connectivity index (χ4v) is 5.00. The summed E-state index contributed by atoms with van der Waals surface area (Å²) >= 11 is 1.63. The second-order valence-corrected chi connectivity index (χ2v) is 9.07. The number of hydrogen-bond donors (Lipinski definition) is 3. The van der Waals surface area contributed by atoms with Crippen molar-refractivity contribution in [3.8, 4) is 0 Å². The summed E-state index contributed by atoms with van der Waals surface area (Å²) in [6, 6.07) is 17.0. The van der Waals surface area contributed by atoms with E-state index in [-0.39, 0.29) is 11.3 Å². The molecule has 1 saturated carbocycles. The third-order valence-corrected chi connectivity index (χ3v) is 6.75. The van der Waals surface area contributed by atoms with Crippen LogP contribution in [0.2, 0.25) is 0 Å². The second kappa shape index (κ2) is 9.39. The number of aliphatic hydroxyl groups is 1. The fraction of sp³-hybridized carbons (Fsp3) is 0.333. The van der Waals surface area contributed by atoms with Gasteiger partial charge in [0.25, 0.3) is 11.8 Å². The fourth-order valence-electron chi connectivity index (χ4n) is 4.16. The Morgan fingerprint density at radius 3 is 2.37 bits per heavy atom. The number of rotatable bonds is 6. The van der Waals surface area contributed by atoms with Crippen LogP contribution in [-0.4, -0.2) is 23.0 Å². The van der Waals surface area contributed by atoms with Crippen LogP contribution >= 0.6 is 11.8 Å². The molecule has 2 aliphatic rings. The molecule has 1 unspecified atom stereocenters. The van der Waals surface area contributed by atoms with Gasteiger partial charge < -0.3 is 15.7 Å². The molecule has 0 bridgehead atoms. The quantitative estimate of drug-likeness (QED) is 0.569. The zero-order chi connectivity index (χ0) is 20.9. The van der Waals surface area contributed by atoms with Crippen LogP contribution in [0.15, 0.2) is 75.7 Å². The van der Waals surface area contributed by atoms with Gasteiger partial charge in [-0.25, -0.2) is 0 Å². The highest BCUT2D eigenvalue weighted by Gasteiger charge is 2.37. The van der Waals surface area contributed by atoms with Gasteiger partial charge in [0.2, 0.25) is 0 Å². The highest BCUT2D eigenvalue weighted by atomic mass is 32.2. The number of aliphatic hydroxyl groups excluding tert-OH is 1. The van der Waals surface area contributed by atoms with Gasteiger partial charge in [-0.1, -0.05) is 62.1 Å². The summed E-state index contributed by atoms with van der Waals surface area (Å²) in [4.78, 5) is 27.2. The Bertz CT molecular complexity index is 935. The number of nitrogens with one attached hydrogen (secondary N) is 2. The molecule has 0 radical (unpaired) electrons. The van der Waals surface area contributed by atoms with Crippen molar-refractivity contribution in [1.82, 2.24) is 5.32 Å². The Hall–Kier alpha value is -2.73. The molecule has 30 heavy (non-hydrogen) atoms. The topological polar surface area (TPSA) is 78.4 Å². The Labute approximate surface area is 181 Å². The summed E-state index contributed by atoms with van der Waals surface area (Å²) in [5.41, 5.74) is 0.416. The predicted octanol–water partition coefficient (Wildman–Crippen LogP) is 5.06. The standard InChI is InChI=1S/C24H26N2O3S/c27-22-20(15-16-7-3-1-4-8-16)26-24(29)21(22)23(28)25-17-11-13-19(14-12-17)30-18-9-5-2-6-10-18/h2,5-6,9-14,16,20,27H,1,3-4,7-8,15H2,(H,25,28)(H,26,29). The molecule has 1 fully saturated rings. The van der Waals surface area contributed by atoms with Crippen LogP contribution in [0.1, 0.15) is 38.5 Å². The van der Waals surface area contributed by atoms with E-state index in [1.54, 1.807) is 23.9 Å². The molecule has 0 saturated heterocycles. The molecule has 1 aliphatic carbocycles. The van der Waals surface area contributed by atoms with Crippen molar-refractivity contribution < 1.29 is 14.7 Å². The normalized spacial score (nSPS) is 19.6. The molecule has 2 amide bonds. The van der Waals surface area contributed by atoms with E-state index in [0.717, 1.165) is 22.6 Å². The minimum Gasteiger partial charge on any atom is -0.509 e. The number of amides is 2. The minimum atomic E-state index is -0.570. The van der Waals surface area contributed by atoms with Gasteiger partial charge in [0, 0.05) is 15.5 Å². The number of carbonyl (C=O) groups excluding carboxylic acids is 2. The summed E-state index contributed by atoms with van der Waals surface area (Å²) in [6.45, 7) is 0. The lowest BCUT2D eigenvalue weighted by atomic mass is 9.84. The van der Waals surface area contributed by atoms with E-state index in [1.165, 1.54) is 19.3 Å². The maximum Gasteiger partial charge on any atom is 0.264 e. The Morgan fingerprint density at radius 1 is 1.00 bits per heavy atom. The molecule has 6 heteroatoms. The Balaban J connectivity index is 1.39. The van der Waals surface area contributed by atoms with Crippen LogP contribution in [0.25, 0.3) is 0 Å². The number of anilines is 1. The van der Waals surface area contributed by atoms with Gasteiger partial charge >= 0.3 is 0 Å². The van der Waals surface area contributed by atoms with Gasteiger partial charge in [-0.3, -0.25) is 9.59 Å². The van der Waals surface area contributed by atoms with Gasteiger partial charge in [0.1, 0.15) is 11.3 Å². The summed E-state index contributed by atoms with van der Waals surface area (Å²) in [5.74, 6) is -0.704. The lowest BCUT2D eigenvalue weighted by Gasteiger charge is -2.24. The highest BCUT2D eigenvalue weighted by Crippen LogP contribution is 2.31. The Kier molecular flexibility index (Phi) is 6.43. The van der Waals surface area contributed by atoms with Crippen molar-refractivity contribution in [3.05, 3.63) is 65.9 Å². The van der Waals surface area contributed by atoms with E-state index in [2.05, 4.69) is 10.6 Å². The molecule has 4 rings (SSSR count). The van der Waals surface area contributed by atoms with Gasteiger partial charge in [0.15, 0.2) is 0 Å². The Morgan fingerprint density at radius 2 is 1.67 bits per heavy atom. The molecule has 2 aromatic carbocycles. The first-order valence-corrected chi connectivity index (χ1v) is 11.3. The third-order valence-electron chi connectivity index (χ3n) is 5.73. The van der Waals surface area contributed by atoms with Crippen LogP contribution in [-0.2, 0) is 9.59 Å². The molecule has 2 aromatic rings. The van der Waals surface area contributed by atoms with Crippen molar-refractivity contribution in [1.29, 1.82) is 0 Å². The van der Waals surface area contributed by atoms with Crippen molar-refractivity contribution in [3.63, 3.8) is 0 Å². The first kappa shape index (κ1) is 20.5. The monoisotopic (exact) mass is 422 g/mol. The summed E-state index contributed by atoms with van der Waals surface area (Å²) in [6.07, 6.45) is 6.58. The first-order valence-electron chi connectivity index (χ1n) is 10.5. The van der Waals surface area contributed by atoms with E-state index >= 15 is 0 Å². The number of carbonyl (C=O) groups is 2. The maximum atomic E-state index is 12.7. The second-order valence-electron chi connectivity index (χ2n) is 7.92. The van der Waals surface area contributed by atoms with Gasteiger partial charge in [-0.15, -0.1) is 0 Å². The number of benzene rings is 2. The predicted molar refractivity (Wildman–Crippen MR) is 118 cm³/mol. The zero-order valence-corrected chi connectivity index (χ0v) is 17.6. The highest BCUT2D eigenvalue weighted by molar-refractivity contribution is 7.99. The molecule has 156 valence electrons. The maximum absolute atomic E-state index is 12.7. The average molecular weight is 423 g/mol. The van der Waals surface area contributed by atoms with E-state index in [9.17, 15) is 14.7 Å². The molecule has 1 aliphatic heterocycles. The smallest absolute Gasteiger partial charge is 0.264 e. The van der Waals surface area contributed by atoms with E-state index in [1.807, 2.05) is 42.5 Å². The van der Waals surface area contributed by atoms with Crippen molar-refractivity contribution in [2.24, 2.45) is 5.92 Å². The average Bonchev–Trinajstić information content (AvgIpc) is 3.04. The largest absolute Gasteiger partial charge is 0.509 e. The zero-order valence-electron chi connectivity index (χ0n) is 16.8. The molecule has 0 aromatic heterocycles. The third kappa shape index (κ3) is 4.87. The van der Waals surface area contributed by atoms with Gasteiger partial charge in [0.05, 0.1) is 6.04 Å². The summed E-state index contributed by atoms with van der Waals surface area (Å²) in [7, 11) is 0. The van der Waals surface area contributed by atoms with Gasteiger partial charge in [-0.2, -0.15) is 0 Å². The van der Waals surface area contributed by atoms with Crippen molar-refractivity contribution in [2.45, 2.75) is 54.4 Å². The van der Waals surface area contributed by atoms with E-state index < -0.39 is 17.9 Å². The summed E-state index contributed by atoms with van der Waals surface area (Å²) in [5, 5.41) is 16.0. The summed E-state index contributed by atoms with van der Waals surface area (Å²) < 4.78 is 0. The van der Waals surface area contributed by atoms with Crippen LogP contribution in [0.3, 0.4) is 0 Å². The molecule has 3 N–H and O–H groups in total. The molecular formula is C24H26N2O3S. The van der Waals surface area contributed by atoms with E-state index in [4.69, 9.17) is 0 Å². The van der Waals surface area contributed by atoms with Crippen molar-refractivity contribution >= 4 is 29.3 Å². The van der Waals surface area contributed by atoms with Crippen LogP contribution < -0.4 is 10.6 Å². The molecule has 5 nitrogen and oxygen atoms in total. The van der Waals surface area contributed by atoms with Gasteiger partial charge in [-0.05, 0) is 48.7 Å². The van der Waals surface area contributed by atoms with E-state index in [0.29, 0.717) is 18.0 Å². The molecule has 1 atom stereocenters. The molecule has 1 heterocycles. The molecule has 0 spiro atoms. The lowest BCUT2D eigenvalue weighted by Crippen LogP contribution is -2.32. The van der Waals surface area contributed by atoms with Crippen LogP contribution in [0, 0.1) is 5.92 Å². The lowest BCUT2D eigenvalue weighted by molar-refractivity contribution is -0.120. The SMILES string of the molecule is O=C(Nc1ccc(Sc2ccccc2)cc1)C1=C(O)C(CC2CCCCC2)NC1=O. The number of hydrogen-bond acceptors (Lipinski definition) is 4. The minimum absolute atomic E-state index is 0.126. The molecular weight excluding hydrogens is 396 g/mol.